The van der Waals surface area contributed by atoms with Gasteiger partial charge in [-0.2, -0.15) is 0 Å². The van der Waals surface area contributed by atoms with Gasteiger partial charge in [-0.15, -0.1) is 11.3 Å². The summed E-state index contributed by atoms with van der Waals surface area (Å²) >= 11 is 1.65. The van der Waals surface area contributed by atoms with Gasteiger partial charge in [0.1, 0.15) is 5.54 Å². The van der Waals surface area contributed by atoms with Crippen LogP contribution in [0.1, 0.15) is 16.9 Å². The minimum atomic E-state index is -0.853. The van der Waals surface area contributed by atoms with Crippen LogP contribution in [-0.4, -0.2) is 13.0 Å². The Bertz CT molecular complexity index is 949. The van der Waals surface area contributed by atoms with E-state index in [9.17, 15) is 4.79 Å². The van der Waals surface area contributed by atoms with Crippen LogP contribution in [0.4, 0.5) is 11.4 Å². The lowest BCUT2D eigenvalue weighted by molar-refractivity contribution is -0.121. The van der Waals surface area contributed by atoms with Crippen molar-refractivity contribution >= 4 is 34.2 Å². The number of amides is 1. The van der Waals surface area contributed by atoms with Crippen molar-refractivity contribution < 1.29 is 4.79 Å². The van der Waals surface area contributed by atoms with Gasteiger partial charge in [-0.25, -0.2) is 0 Å². The normalized spacial score (nSPS) is 18.7. The van der Waals surface area contributed by atoms with Crippen molar-refractivity contribution in [2.75, 3.05) is 17.3 Å². The summed E-state index contributed by atoms with van der Waals surface area (Å²) in [6.45, 7) is 4.28. The lowest BCUT2D eigenvalue weighted by Crippen LogP contribution is -2.45. The topological polar surface area (TPSA) is 32.3 Å². The zero-order chi connectivity index (χ0) is 18.1. The summed E-state index contributed by atoms with van der Waals surface area (Å²) in [6.07, 6.45) is 0.516. The fourth-order valence-electron chi connectivity index (χ4n) is 3.63. The second-order valence-corrected chi connectivity index (χ2v) is 7.48. The molecule has 3 nitrogen and oxygen atoms in total. The highest BCUT2D eigenvalue weighted by molar-refractivity contribution is 7.11. The molecule has 2 heterocycles. The molecule has 0 aliphatic carbocycles. The van der Waals surface area contributed by atoms with Crippen LogP contribution in [0.25, 0.3) is 5.57 Å². The molecule has 0 fully saturated rings. The van der Waals surface area contributed by atoms with Crippen molar-refractivity contribution in [1.29, 1.82) is 0 Å². The highest BCUT2D eigenvalue weighted by atomic mass is 32.1. The van der Waals surface area contributed by atoms with Crippen LogP contribution in [-0.2, 0) is 10.3 Å². The predicted octanol–water partition coefficient (Wildman–Crippen LogP) is 5.14. The van der Waals surface area contributed by atoms with Gasteiger partial charge in [0.2, 0.25) is 0 Å². The van der Waals surface area contributed by atoms with Gasteiger partial charge in [-0.1, -0.05) is 49.0 Å². The smallest absolute Gasteiger partial charge is 0.257 e. The highest BCUT2D eigenvalue weighted by Crippen LogP contribution is 2.46. The van der Waals surface area contributed by atoms with E-state index in [1.807, 2.05) is 73.1 Å². The van der Waals surface area contributed by atoms with Gasteiger partial charge in [0.15, 0.2) is 0 Å². The molecule has 1 aliphatic rings. The summed E-state index contributed by atoms with van der Waals surface area (Å²) in [7, 11) is 1.84. The molecule has 0 bridgehead atoms. The highest BCUT2D eigenvalue weighted by Gasteiger charge is 2.50. The van der Waals surface area contributed by atoms with Crippen LogP contribution in [0.2, 0.25) is 0 Å². The number of rotatable bonds is 5. The number of carbonyl (C=O) groups is 1. The van der Waals surface area contributed by atoms with Crippen molar-refractivity contribution in [3.05, 3.63) is 89.1 Å². The number of hydrogen-bond acceptors (Lipinski definition) is 3. The molecule has 0 saturated carbocycles. The summed E-state index contributed by atoms with van der Waals surface area (Å²) < 4.78 is 0. The Kier molecular flexibility index (Phi) is 4.13. The maximum Gasteiger partial charge on any atom is 0.257 e. The molecule has 1 unspecified atom stereocenters. The number of thiophene rings is 1. The van der Waals surface area contributed by atoms with Gasteiger partial charge in [0.05, 0.1) is 0 Å². The molecule has 2 aromatic carbocycles. The predicted molar refractivity (Wildman–Crippen MR) is 110 cm³/mol. The summed E-state index contributed by atoms with van der Waals surface area (Å²) in [5.41, 5.74) is 2.97. The Hall–Kier alpha value is -2.85. The first-order valence-corrected chi connectivity index (χ1v) is 9.42. The number of para-hydroxylation sites is 2. The Balaban J connectivity index is 1.82. The maximum atomic E-state index is 13.4. The monoisotopic (exact) mass is 360 g/mol. The average Bonchev–Trinajstić information content (AvgIpc) is 3.27. The van der Waals surface area contributed by atoms with E-state index >= 15 is 0 Å². The molecule has 130 valence electrons. The first-order chi connectivity index (χ1) is 12.6. The first-order valence-electron chi connectivity index (χ1n) is 8.54. The number of benzene rings is 2. The number of fused-ring (bicyclic) bond motifs is 1. The van der Waals surface area contributed by atoms with E-state index in [1.165, 1.54) is 0 Å². The van der Waals surface area contributed by atoms with Crippen LogP contribution < -0.4 is 10.2 Å². The zero-order valence-corrected chi connectivity index (χ0v) is 15.4. The maximum absolute atomic E-state index is 13.4. The molecule has 1 aromatic heterocycles. The Labute approximate surface area is 157 Å². The molecule has 1 atom stereocenters. The lowest BCUT2D eigenvalue weighted by Gasteiger charge is -2.31. The fourth-order valence-corrected chi connectivity index (χ4v) is 4.33. The van der Waals surface area contributed by atoms with Crippen molar-refractivity contribution in [1.82, 2.24) is 0 Å². The summed E-state index contributed by atoms with van der Waals surface area (Å²) in [5, 5.41) is 5.57. The molecule has 1 N–H and O–H groups in total. The molecule has 4 heteroatoms. The van der Waals surface area contributed by atoms with E-state index in [-0.39, 0.29) is 5.91 Å². The lowest BCUT2D eigenvalue weighted by atomic mass is 9.84. The molecule has 0 saturated heterocycles. The minimum absolute atomic E-state index is 0.0419. The van der Waals surface area contributed by atoms with E-state index in [1.54, 1.807) is 16.2 Å². The van der Waals surface area contributed by atoms with Gasteiger partial charge in [-0.05, 0) is 35.2 Å². The van der Waals surface area contributed by atoms with Gasteiger partial charge in [0, 0.05) is 35.3 Å². The third kappa shape index (κ3) is 2.63. The van der Waals surface area contributed by atoms with E-state index in [0.717, 1.165) is 27.4 Å². The molecular formula is C22H20N2OS. The Morgan fingerprint density at radius 3 is 2.54 bits per heavy atom. The number of carbonyl (C=O) groups excluding carboxylic acids is 1. The summed E-state index contributed by atoms with van der Waals surface area (Å²) in [6, 6.07) is 21.9. The quantitative estimate of drug-likeness (QED) is 0.684. The Morgan fingerprint density at radius 2 is 1.81 bits per heavy atom. The summed E-state index contributed by atoms with van der Waals surface area (Å²) in [5.74, 6) is 0.0419. The van der Waals surface area contributed by atoms with Gasteiger partial charge < -0.3 is 10.2 Å². The molecule has 0 spiro atoms. The standard InChI is InChI=1S/C22H20N2OS/c1-16(20-13-8-14-26-20)15-22(23-17-9-4-3-5-10-17)18-11-6-7-12-19(18)24(2)21(22)25/h3-14,23H,1,15H2,2H3. The van der Waals surface area contributed by atoms with Crippen LogP contribution in [0.3, 0.4) is 0 Å². The van der Waals surface area contributed by atoms with Crippen molar-refractivity contribution in [3.8, 4) is 0 Å². The molecule has 1 amide bonds. The number of anilines is 2. The third-order valence-corrected chi connectivity index (χ3v) is 5.85. The van der Waals surface area contributed by atoms with E-state index < -0.39 is 5.54 Å². The van der Waals surface area contributed by atoms with Crippen molar-refractivity contribution in [2.24, 2.45) is 0 Å². The van der Waals surface area contributed by atoms with E-state index in [2.05, 4.69) is 18.0 Å². The molecular weight excluding hydrogens is 340 g/mol. The van der Waals surface area contributed by atoms with Crippen LogP contribution in [0.15, 0.2) is 78.7 Å². The van der Waals surface area contributed by atoms with Gasteiger partial charge in [-0.3, -0.25) is 4.79 Å². The third-order valence-electron chi connectivity index (χ3n) is 4.87. The molecule has 4 rings (SSSR count). The molecule has 26 heavy (non-hydrogen) atoms. The van der Waals surface area contributed by atoms with Crippen molar-refractivity contribution in [3.63, 3.8) is 0 Å². The van der Waals surface area contributed by atoms with Crippen molar-refractivity contribution in [2.45, 2.75) is 12.0 Å². The van der Waals surface area contributed by atoms with Crippen LogP contribution >= 0.6 is 11.3 Å². The number of nitrogens with zero attached hydrogens (tertiary/aromatic N) is 1. The first kappa shape index (κ1) is 16.6. The number of hydrogen-bond donors (Lipinski definition) is 1. The average molecular weight is 360 g/mol. The largest absolute Gasteiger partial charge is 0.367 e. The summed E-state index contributed by atoms with van der Waals surface area (Å²) in [4.78, 5) is 16.3. The van der Waals surface area contributed by atoms with E-state index in [4.69, 9.17) is 0 Å². The SMILES string of the molecule is C=C(CC1(Nc2ccccc2)C(=O)N(C)c2ccccc21)c1cccs1. The zero-order valence-electron chi connectivity index (χ0n) is 14.6. The number of nitrogens with one attached hydrogen (secondary N) is 1. The molecule has 3 aromatic rings. The number of likely N-dealkylation sites (N-methyl/N-ethyl adjacent to an activating group) is 1. The second kappa shape index (κ2) is 6.46. The fraction of sp³-hybridized carbons (Fsp3) is 0.136. The minimum Gasteiger partial charge on any atom is -0.367 e. The van der Waals surface area contributed by atoms with E-state index in [0.29, 0.717) is 6.42 Å². The second-order valence-electron chi connectivity index (χ2n) is 6.54. The molecule has 0 radical (unpaired) electrons. The Morgan fingerprint density at radius 1 is 1.08 bits per heavy atom. The van der Waals surface area contributed by atoms with Gasteiger partial charge in [0.25, 0.3) is 5.91 Å². The van der Waals surface area contributed by atoms with Gasteiger partial charge >= 0.3 is 0 Å². The van der Waals surface area contributed by atoms with Crippen LogP contribution in [0, 0.1) is 0 Å². The molecule has 1 aliphatic heterocycles. The van der Waals surface area contributed by atoms with Crippen LogP contribution in [0.5, 0.6) is 0 Å².